The Labute approximate surface area is 139 Å². The fourth-order valence-electron chi connectivity index (χ4n) is 1.95. The highest BCUT2D eigenvalue weighted by molar-refractivity contribution is 4.76. The minimum absolute atomic E-state index is 0.499. The first-order valence-corrected chi connectivity index (χ1v) is 8.61. The molecule has 0 aliphatic heterocycles. The summed E-state index contributed by atoms with van der Waals surface area (Å²) in [5.41, 5.74) is -0.998. The van der Waals surface area contributed by atoms with Crippen LogP contribution < -0.4 is 0 Å². The maximum atomic E-state index is 9.38. The van der Waals surface area contributed by atoms with Crippen LogP contribution in [0.1, 0.15) is 80.1 Å². The molecule has 0 aromatic carbocycles. The Kier molecular flexibility index (Phi) is 12.8. The number of hydrogen-bond acceptors (Lipinski definition) is 2. The van der Waals surface area contributed by atoms with Crippen LogP contribution in [0.15, 0.2) is 25.3 Å². The van der Waals surface area contributed by atoms with Crippen LogP contribution >= 0.6 is 0 Å². The van der Waals surface area contributed by atoms with E-state index in [-0.39, 0.29) is 0 Å². The van der Waals surface area contributed by atoms with Gasteiger partial charge in [0.15, 0.2) is 0 Å². The molecule has 2 atom stereocenters. The van der Waals surface area contributed by atoms with Gasteiger partial charge in [0.2, 0.25) is 0 Å². The molecule has 0 aliphatic carbocycles. The smallest absolute Gasteiger partial charge is 0.0591 e. The highest BCUT2D eigenvalue weighted by atomic mass is 16.3. The zero-order valence-corrected chi connectivity index (χ0v) is 15.9. The van der Waals surface area contributed by atoms with E-state index in [4.69, 9.17) is 0 Å². The summed E-state index contributed by atoms with van der Waals surface area (Å²) in [4.78, 5) is 0. The molecule has 0 saturated heterocycles. The molecule has 0 aromatic heterocycles. The van der Waals surface area contributed by atoms with Crippen molar-refractivity contribution in [2.24, 2.45) is 11.8 Å². The standard InChI is InChI=1S/2C10H20O/c2*1-5-9(2)7-6-8-10(3,4)11/h2*5,9,11H,1,6-8H2,2-4H3. The van der Waals surface area contributed by atoms with Crippen LogP contribution in [0.4, 0.5) is 0 Å². The van der Waals surface area contributed by atoms with Gasteiger partial charge < -0.3 is 10.2 Å². The fraction of sp³-hybridized carbons (Fsp3) is 0.800. The van der Waals surface area contributed by atoms with Crippen LogP contribution in [0.5, 0.6) is 0 Å². The van der Waals surface area contributed by atoms with E-state index >= 15 is 0 Å². The molecule has 0 fully saturated rings. The van der Waals surface area contributed by atoms with Crippen molar-refractivity contribution in [1.29, 1.82) is 0 Å². The second-order valence-corrected chi connectivity index (χ2v) is 7.84. The predicted molar refractivity (Wildman–Crippen MR) is 99.0 cm³/mol. The second-order valence-electron chi connectivity index (χ2n) is 7.84. The van der Waals surface area contributed by atoms with Gasteiger partial charge >= 0.3 is 0 Å². The van der Waals surface area contributed by atoms with Crippen molar-refractivity contribution in [3.05, 3.63) is 25.3 Å². The number of aliphatic hydroxyl groups is 2. The molecule has 0 amide bonds. The molecule has 22 heavy (non-hydrogen) atoms. The van der Waals surface area contributed by atoms with Gasteiger partial charge in [0, 0.05) is 0 Å². The van der Waals surface area contributed by atoms with Gasteiger partial charge in [-0.1, -0.05) is 38.8 Å². The summed E-state index contributed by atoms with van der Waals surface area (Å²) in [5.74, 6) is 1.16. The van der Waals surface area contributed by atoms with E-state index in [2.05, 4.69) is 27.0 Å². The van der Waals surface area contributed by atoms with Crippen molar-refractivity contribution in [1.82, 2.24) is 0 Å². The Hall–Kier alpha value is -0.600. The molecule has 0 bridgehead atoms. The van der Waals surface area contributed by atoms with Crippen molar-refractivity contribution in [2.45, 2.75) is 91.3 Å². The molecule has 0 spiro atoms. The Morgan fingerprint density at radius 2 is 1.05 bits per heavy atom. The minimum Gasteiger partial charge on any atom is -0.390 e. The fourth-order valence-corrected chi connectivity index (χ4v) is 1.95. The van der Waals surface area contributed by atoms with E-state index in [0.29, 0.717) is 11.8 Å². The first-order valence-electron chi connectivity index (χ1n) is 8.61. The SMILES string of the molecule is C=CC(C)CCCC(C)(C)O.C=CC(C)CCCC(C)(C)O. The zero-order chi connectivity index (χ0) is 17.8. The largest absolute Gasteiger partial charge is 0.390 e. The van der Waals surface area contributed by atoms with Gasteiger partial charge in [0.1, 0.15) is 0 Å². The molecule has 0 aromatic rings. The lowest BCUT2D eigenvalue weighted by molar-refractivity contribution is 0.0669. The molecule has 2 heteroatoms. The lowest BCUT2D eigenvalue weighted by atomic mass is 9.97. The van der Waals surface area contributed by atoms with Crippen LogP contribution in [0.25, 0.3) is 0 Å². The highest BCUT2D eigenvalue weighted by Crippen LogP contribution is 2.16. The number of hydrogen-bond donors (Lipinski definition) is 2. The molecule has 2 N–H and O–H groups in total. The third-order valence-corrected chi connectivity index (χ3v) is 3.70. The van der Waals surface area contributed by atoms with E-state index in [1.54, 1.807) is 0 Å². The lowest BCUT2D eigenvalue weighted by Crippen LogP contribution is -2.18. The van der Waals surface area contributed by atoms with Gasteiger partial charge in [-0.3, -0.25) is 0 Å². The monoisotopic (exact) mass is 312 g/mol. The summed E-state index contributed by atoms with van der Waals surface area (Å²) in [5, 5.41) is 18.8. The maximum absolute atomic E-state index is 9.38. The molecule has 2 nitrogen and oxygen atoms in total. The van der Waals surface area contributed by atoms with Crippen LogP contribution in [-0.4, -0.2) is 21.4 Å². The van der Waals surface area contributed by atoms with E-state index in [0.717, 1.165) is 38.5 Å². The highest BCUT2D eigenvalue weighted by Gasteiger charge is 2.12. The molecular weight excluding hydrogens is 272 g/mol. The van der Waals surface area contributed by atoms with Crippen LogP contribution in [0, 0.1) is 11.8 Å². The van der Waals surface area contributed by atoms with E-state index in [1.165, 1.54) is 0 Å². The topological polar surface area (TPSA) is 40.5 Å². The molecule has 0 aliphatic rings. The van der Waals surface area contributed by atoms with Crippen molar-refractivity contribution in [3.8, 4) is 0 Å². The molecule has 2 unspecified atom stereocenters. The van der Waals surface area contributed by atoms with Crippen molar-refractivity contribution < 1.29 is 10.2 Å². The summed E-state index contributed by atoms with van der Waals surface area (Å²) in [6, 6.07) is 0. The molecule has 0 radical (unpaired) electrons. The normalized spacial score (nSPS) is 14.5. The summed E-state index contributed by atoms with van der Waals surface area (Å²) in [7, 11) is 0. The third kappa shape index (κ3) is 21.7. The average molecular weight is 313 g/mol. The number of rotatable bonds is 10. The third-order valence-electron chi connectivity index (χ3n) is 3.70. The second kappa shape index (κ2) is 11.9. The first kappa shape index (κ1) is 23.7. The van der Waals surface area contributed by atoms with Crippen LogP contribution in [0.3, 0.4) is 0 Å². The van der Waals surface area contributed by atoms with Gasteiger partial charge in [-0.25, -0.2) is 0 Å². The van der Waals surface area contributed by atoms with Gasteiger partial charge in [-0.15, -0.1) is 13.2 Å². The van der Waals surface area contributed by atoms with Crippen molar-refractivity contribution in [3.63, 3.8) is 0 Å². The summed E-state index contributed by atoms with van der Waals surface area (Å²) in [6.45, 7) is 19.1. The van der Waals surface area contributed by atoms with E-state index < -0.39 is 11.2 Å². The Balaban J connectivity index is 0. The quantitative estimate of drug-likeness (QED) is 0.523. The van der Waals surface area contributed by atoms with Gasteiger partial charge in [0.05, 0.1) is 11.2 Å². The number of allylic oxidation sites excluding steroid dienone is 2. The lowest BCUT2D eigenvalue weighted by Gasteiger charge is -2.17. The summed E-state index contributed by atoms with van der Waals surface area (Å²) < 4.78 is 0. The Bertz CT molecular complexity index is 251. The molecule has 132 valence electrons. The van der Waals surface area contributed by atoms with Gasteiger partial charge in [0.25, 0.3) is 0 Å². The van der Waals surface area contributed by atoms with E-state index in [9.17, 15) is 10.2 Å². The van der Waals surface area contributed by atoms with Crippen LogP contribution in [-0.2, 0) is 0 Å². The molecule has 0 saturated carbocycles. The maximum Gasteiger partial charge on any atom is 0.0591 e. The Morgan fingerprint density at radius 3 is 1.23 bits per heavy atom. The first-order chi connectivity index (χ1) is 9.91. The summed E-state index contributed by atoms with van der Waals surface area (Å²) in [6.07, 6.45) is 10.1. The van der Waals surface area contributed by atoms with Crippen molar-refractivity contribution in [2.75, 3.05) is 0 Å². The van der Waals surface area contributed by atoms with Gasteiger partial charge in [-0.2, -0.15) is 0 Å². The molecular formula is C20H40O2. The minimum atomic E-state index is -0.499. The summed E-state index contributed by atoms with van der Waals surface area (Å²) >= 11 is 0. The predicted octanol–water partition coefficient (Wildman–Crippen LogP) is 5.50. The van der Waals surface area contributed by atoms with E-state index in [1.807, 2.05) is 39.8 Å². The molecule has 0 rings (SSSR count). The average Bonchev–Trinajstić information content (AvgIpc) is 2.36. The Morgan fingerprint density at radius 1 is 0.773 bits per heavy atom. The van der Waals surface area contributed by atoms with Crippen molar-refractivity contribution >= 4 is 0 Å². The molecule has 0 heterocycles. The zero-order valence-electron chi connectivity index (χ0n) is 15.9. The van der Waals surface area contributed by atoms with Crippen LogP contribution in [0.2, 0.25) is 0 Å². The van der Waals surface area contributed by atoms with Gasteiger partial charge in [-0.05, 0) is 65.2 Å².